The first-order chi connectivity index (χ1) is 15.5. The van der Waals surface area contributed by atoms with E-state index in [0.717, 1.165) is 37.5 Å². The zero-order chi connectivity index (χ0) is 22.6. The Balaban J connectivity index is 1.22. The van der Waals surface area contributed by atoms with E-state index >= 15 is 0 Å². The van der Waals surface area contributed by atoms with Gasteiger partial charge in [0.1, 0.15) is 0 Å². The largest absolute Gasteiger partial charge is 0.459 e. The lowest BCUT2D eigenvalue weighted by atomic mass is 9.78. The Kier molecular flexibility index (Phi) is 6.79. The van der Waals surface area contributed by atoms with Gasteiger partial charge in [0.05, 0.1) is 18.8 Å². The minimum absolute atomic E-state index is 0.00988. The van der Waals surface area contributed by atoms with Gasteiger partial charge < -0.3 is 24.9 Å². The van der Waals surface area contributed by atoms with Gasteiger partial charge in [0.15, 0.2) is 10.9 Å². The molecule has 0 radical (unpaired) electrons. The number of benzene rings is 1. The van der Waals surface area contributed by atoms with Gasteiger partial charge in [-0.2, -0.15) is 0 Å². The number of nitrogens with one attached hydrogen (secondary N) is 2. The first-order valence-corrected chi connectivity index (χ1v) is 11.6. The molecule has 1 unspecified atom stereocenters. The lowest BCUT2D eigenvalue weighted by molar-refractivity contribution is -0.132. The van der Waals surface area contributed by atoms with Crippen molar-refractivity contribution in [2.45, 2.75) is 32.2 Å². The van der Waals surface area contributed by atoms with Crippen molar-refractivity contribution in [3.63, 3.8) is 0 Å². The SMILES string of the molecule is CC(NC(=S)N1CCC2(CCN(C(=O)CNC(=O)c3ccco3)CC2)C1)c1ccccc1. The summed E-state index contributed by atoms with van der Waals surface area (Å²) in [6, 6.07) is 13.7. The number of carbonyl (C=O) groups excluding carboxylic acids is 2. The van der Waals surface area contributed by atoms with Crippen molar-refractivity contribution >= 4 is 29.1 Å². The van der Waals surface area contributed by atoms with Gasteiger partial charge in [-0.15, -0.1) is 0 Å². The van der Waals surface area contributed by atoms with Crippen LogP contribution in [0.25, 0.3) is 0 Å². The molecule has 0 aliphatic carbocycles. The zero-order valence-electron chi connectivity index (χ0n) is 18.4. The van der Waals surface area contributed by atoms with E-state index in [1.807, 2.05) is 23.1 Å². The third-order valence-electron chi connectivity index (χ3n) is 6.69. The molecule has 1 aromatic heterocycles. The molecule has 1 aromatic carbocycles. The minimum Gasteiger partial charge on any atom is -0.459 e. The van der Waals surface area contributed by atoms with E-state index in [9.17, 15) is 9.59 Å². The van der Waals surface area contributed by atoms with Crippen LogP contribution in [0.5, 0.6) is 0 Å². The highest BCUT2D eigenvalue weighted by atomic mass is 32.1. The van der Waals surface area contributed by atoms with Crippen molar-refractivity contribution in [1.82, 2.24) is 20.4 Å². The highest BCUT2D eigenvalue weighted by Gasteiger charge is 2.42. The Bertz CT molecular complexity index is 939. The molecule has 3 heterocycles. The predicted molar refractivity (Wildman–Crippen MR) is 126 cm³/mol. The van der Waals surface area contributed by atoms with Crippen LogP contribution < -0.4 is 10.6 Å². The highest BCUT2D eigenvalue weighted by Crippen LogP contribution is 2.40. The second kappa shape index (κ2) is 9.73. The van der Waals surface area contributed by atoms with Crippen LogP contribution in [0.3, 0.4) is 0 Å². The van der Waals surface area contributed by atoms with E-state index < -0.39 is 0 Å². The van der Waals surface area contributed by atoms with Crippen LogP contribution in [0.2, 0.25) is 0 Å². The molecule has 32 heavy (non-hydrogen) atoms. The highest BCUT2D eigenvalue weighted by molar-refractivity contribution is 7.80. The van der Waals surface area contributed by atoms with Crippen LogP contribution in [0, 0.1) is 5.41 Å². The van der Waals surface area contributed by atoms with Gasteiger partial charge in [-0.3, -0.25) is 9.59 Å². The van der Waals surface area contributed by atoms with Crippen molar-refractivity contribution in [3.05, 3.63) is 60.1 Å². The summed E-state index contributed by atoms with van der Waals surface area (Å²) in [5.74, 6) is -0.204. The maximum Gasteiger partial charge on any atom is 0.287 e. The lowest BCUT2D eigenvalue weighted by Crippen LogP contribution is -2.48. The van der Waals surface area contributed by atoms with E-state index in [-0.39, 0.29) is 35.6 Å². The first-order valence-electron chi connectivity index (χ1n) is 11.2. The van der Waals surface area contributed by atoms with Gasteiger partial charge in [-0.05, 0) is 61.5 Å². The standard InChI is InChI=1S/C24H30N4O3S/c1-18(19-6-3-2-4-7-19)26-23(32)28-14-11-24(17-28)9-12-27(13-10-24)21(29)16-25-22(30)20-8-5-15-31-20/h2-8,15,18H,9-14,16-17H2,1H3,(H,25,30)(H,26,32). The average molecular weight is 455 g/mol. The Hall–Kier alpha value is -2.87. The Morgan fingerprint density at radius 3 is 2.41 bits per heavy atom. The number of carbonyl (C=O) groups is 2. The topological polar surface area (TPSA) is 77.8 Å². The van der Waals surface area contributed by atoms with Crippen LogP contribution in [0.15, 0.2) is 53.1 Å². The molecular formula is C24H30N4O3S. The summed E-state index contributed by atoms with van der Waals surface area (Å²) < 4.78 is 5.06. The van der Waals surface area contributed by atoms with Crippen molar-refractivity contribution < 1.29 is 14.0 Å². The molecule has 4 rings (SSSR count). The summed E-state index contributed by atoms with van der Waals surface area (Å²) in [7, 11) is 0. The number of hydrogen-bond donors (Lipinski definition) is 2. The molecule has 2 aliphatic heterocycles. The van der Waals surface area contributed by atoms with Crippen LogP contribution in [-0.4, -0.2) is 59.5 Å². The molecule has 0 bridgehead atoms. The molecule has 2 aliphatic rings. The fourth-order valence-electron chi connectivity index (χ4n) is 4.61. The molecule has 170 valence electrons. The summed E-state index contributed by atoms with van der Waals surface area (Å²) in [4.78, 5) is 28.6. The summed E-state index contributed by atoms with van der Waals surface area (Å²) >= 11 is 5.70. The monoisotopic (exact) mass is 454 g/mol. The van der Waals surface area contributed by atoms with Gasteiger partial charge >= 0.3 is 0 Å². The van der Waals surface area contributed by atoms with Gasteiger partial charge in [-0.25, -0.2) is 0 Å². The number of nitrogens with zero attached hydrogens (tertiary/aromatic N) is 2. The van der Waals surface area contributed by atoms with Crippen LogP contribution in [-0.2, 0) is 4.79 Å². The second-order valence-corrected chi connectivity index (χ2v) is 9.18. The van der Waals surface area contributed by atoms with Crippen molar-refractivity contribution in [2.24, 2.45) is 5.41 Å². The molecule has 2 N–H and O–H groups in total. The number of piperidine rings is 1. The Morgan fingerprint density at radius 2 is 1.75 bits per heavy atom. The lowest BCUT2D eigenvalue weighted by Gasteiger charge is -2.39. The summed E-state index contributed by atoms with van der Waals surface area (Å²) in [5.41, 5.74) is 1.42. The Morgan fingerprint density at radius 1 is 1.06 bits per heavy atom. The Labute approximate surface area is 194 Å². The molecule has 2 saturated heterocycles. The maximum absolute atomic E-state index is 12.5. The van der Waals surface area contributed by atoms with Gasteiger partial charge in [0, 0.05) is 26.2 Å². The third-order valence-corrected chi connectivity index (χ3v) is 7.06. The third kappa shape index (κ3) is 5.12. The number of likely N-dealkylation sites (tertiary alicyclic amines) is 2. The van der Waals surface area contributed by atoms with E-state index in [2.05, 4.69) is 34.6 Å². The molecule has 0 saturated carbocycles. The summed E-state index contributed by atoms with van der Waals surface area (Å²) in [5, 5.41) is 6.91. The summed E-state index contributed by atoms with van der Waals surface area (Å²) in [6.45, 7) is 5.41. The zero-order valence-corrected chi connectivity index (χ0v) is 19.2. The molecular weight excluding hydrogens is 424 g/mol. The van der Waals surface area contributed by atoms with E-state index in [1.165, 1.54) is 11.8 Å². The van der Waals surface area contributed by atoms with Crippen molar-refractivity contribution in [1.29, 1.82) is 0 Å². The molecule has 8 heteroatoms. The fraction of sp³-hybridized carbons (Fsp3) is 0.458. The quantitative estimate of drug-likeness (QED) is 0.677. The molecule has 2 amide bonds. The predicted octanol–water partition coefficient (Wildman–Crippen LogP) is 2.96. The molecule has 2 aromatic rings. The molecule has 7 nitrogen and oxygen atoms in total. The number of thiocarbonyl (C=S) groups is 1. The number of furan rings is 1. The second-order valence-electron chi connectivity index (χ2n) is 8.79. The van der Waals surface area contributed by atoms with E-state index in [4.69, 9.17) is 16.6 Å². The number of rotatable bonds is 5. The average Bonchev–Trinajstić information content (AvgIpc) is 3.49. The normalized spacial score (nSPS) is 18.4. The minimum atomic E-state index is -0.367. The van der Waals surface area contributed by atoms with Gasteiger partial charge in [0.2, 0.25) is 5.91 Å². The first kappa shape index (κ1) is 22.3. The van der Waals surface area contributed by atoms with Gasteiger partial charge in [0.25, 0.3) is 5.91 Å². The number of amides is 2. The summed E-state index contributed by atoms with van der Waals surface area (Å²) in [6.07, 6.45) is 4.44. The fourth-order valence-corrected chi connectivity index (χ4v) is 4.94. The molecule has 1 spiro atoms. The van der Waals surface area contributed by atoms with E-state index in [1.54, 1.807) is 12.1 Å². The maximum atomic E-state index is 12.5. The van der Waals surface area contributed by atoms with Crippen LogP contribution in [0.4, 0.5) is 0 Å². The van der Waals surface area contributed by atoms with Crippen molar-refractivity contribution in [3.8, 4) is 0 Å². The van der Waals surface area contributed by atoms with Crippen molar-refractivity contribution in [2.75, 3.05) is 32.7 Å². The van der Waals surface area contributed by atoms with Crippen LogP contribution >= 0.6 is 12.2 Å². The molecule has 1 atom stereocenters. The van der Waals surface area contributed by atoms with Gasteiger partial charge in [-0.1, -0.05) is 30.3 Å². The smallest absolute Gasteiger partial charge is 0.287 e. The van der Waals surface area contributed by atoms with Crippen LogP contribution in [0.1, 0.15) is 48.3 Å². The van der Waals surface area contributed by atoms with E-state index in [0.29, 0.717) is 13.1 Å². The number of hydrogen-bond acceptors (Lipinski definition) is 4. The molecule has 2 fully saturated rings.